The van der Waals surface area contributed by atoms with Gasteiger partial charge in [0.2, 0.25) is 5.91 Å². The Bertz CT molecular complexity index is 1020. The second-order valence-corrected chi connectivity index (χ2v) is 10.3. The smallest absolute Gasteiger partial charge is 0.338 e. The summed E-state index contributed by atoms with van der Waals surface area (Å²) in [5, 5.41) is 2.81. The summed E-state index contributed by atoms with van der Waals surface area (Å²) >= 11 is 1.51. The number of carbonyl (C=O) groups excluding carboxylic acids is 2. The minimum Gasteiger partial charge on any atom is -0.466 e. The van der Waals surface area contributed by atoms with Gasteiger partial charge in [-0.3, -0.25) is 4.79 Å². The zero-order valence-electron chi connectivity index (χ0n) is 20.1. The lowest BCUT2D eigenvalue weighted by Gasteiger charge is -2.37. The van der Waals surface area contributed by atoms with Gasteiger partial charge in [0.25, 0.3) is 0 Å². The third kappa shape index (κ3) is 4.74. The van der Waals surface area contributed by atoms with Crippen molar-refractivity contribution in [1.29, 1.82) is 0 Å². The number of allylic oxidation sites excluding steroid dienone is 1. The normalized spacial score (nSPS) is 21.2. The molecule has 3 heterocycles. The first kappa shape index (κ1) is 23.6. The Morgan fingerprint density at radius 3 is 2.45 bits per heavy atom. The molecular formula is C26H33N3O3S. The number of likely N-dealkylation sites (tertiary alicyclic amines) is 1. The quantitative estimate of drug-likeness (QED) is 0.557. The van der Waals surface area contributed by atoms with Crippen molar-refractivity contribution in [1.82, 2.24) is 9.80 Å². The summed E-state index contributed by atoms with van der Waals surface area (Å²) in [5.41, 5.74) is 4.29. The number of esters is 1. The Labute approximate surface area is 200 Å². The molecule has 1 amide bonds. The van der Waals surface area contributed by atoms with Crippen LogP contribution >= 0.6 is 11.8 Å². The van der Waals surface area contributed by atoms with Gasteiger partial charge in [0.1, 0.15) is 0 Å². The van der Waals surface area contributed by atoms with E-state index in [0.717, 1.165) is 42.4 Å². The van der Waals surface area contributed by atoms with Gasteiger partial charge in [-0.2, -0.15) is 0 Å². The summed E-state index contributed by atoms with van der Waals surface area (Å²) in [6.45, 7) is 10.0. The molecule has 1 atom stereocenters. The number of benzene rings is 1. The number of hydrogen-bond acceptors (Lipinski definition) is 6. The number of carbonyl (C=O) groups is 2. The van der Waals surface area contributed by atoms with Crippen LogP contribution in [0.3, 0.4) is 0 Å². The van der Waals surface area contributed by atoms with E-state index < -0.39 is 0 Å². The van der Waals surface area contributed by atoms with E-state index in [2.05, 4.69) is 49.9 Å². The van der Waals surface area contributed by atoms with Crippen molar-refractivity contribution < 1.29 is 14.3 Å². The number of hydrogen-bond donors (Lipinski definition) is 0. The molecule has 7 heteroatoms. The number of fused-ring (bicyclic) bond motifs is 1. The van der Waals surface area contributed by atoms with Gasteiger partial charge in [-0.05, 0) is 48.1 Å². The second kappa shape index (κ2) is 9.75. The number of amidine groups is 1. The highest BCUT2D eigenvalue weighted by atomic mass is 32.2. The van der Waals surface area contributed by atoms with Crippen LogP contribution in [0.4, 0.5) is 0 Å². The van der Waals surface area contributed by atoms with E-state index >= 15 is 0 Å². The van der Waals surface area contributed by atoms with Crippen LogP contribution in [0.25, 0.3) is 0 Å². The lowest BCUT2D eigenvalue weighted by atomic mass is 9.92. The molecule has 6 nitrogen and oxygen atoms in total. The van der Waals surface area contributed by atoms with E-state index in [1.165, 1.54) is 24.4 Å². The van der Waals surface area contributed by atoms with E-state index in [-0.39, 0.29) is 17.9 Å². The summed E-state index contributed by atoms with van der Waals surface area (Å²) in [5.74, 6) is 0.836. The monoisotopic (exact) mass is 467 g/mol. The molecule has 0 bridgehead atoms. The molecule has 1 saturated heterocycles. The Morgan fingerprint density at radius 1 is 1.18 bits per heavy atom. The molecule has 0 radical (unpaired) electrons. The molecule has 0 spiro atoms. The van der Waals surface area contributed by atoms with Crippen molar-refractivity contribution in [3.8, 4) is 0 Å². The molecule has 3 aliphatic rings. The van der Waals surface area contributed by atoms with Gasteiger partial charge < -0.3 is 14.5 Å². The Balaban J connectivity index is 1.66. The van der Waals surface area contributed by atoms with Crippen molar-refractivity contribution in [3.05, 3.63) is 57.8 Å². The highest BCUT2D eigenvalue weighted by Crippen LogP contribution is 2.45. The van der Waals surface area contributed by atoms with Crippen molar-refractivity contribution in [2.45, 2.75) is 58.9 Å². The highest BCUT2D eigenvalue weighted by Gasteiger charge is 2.41. The molecule has 0 saturated carbocycles. The van der Waals surface area contributed by atoms with Crippen molar-refractivity contribution in [2.75, 3.05) is 20.2 Å². The number of piperidine rings is 1. The molecule has 0 unspecified atom stereocenters. The van der Waals surface area contributed by atoms with Gasteiger partial charge in [0.05, 0.1) is 30.8 Å². The molecule has 0 aromatic heterocycles. The van der Waals surface area contributed by atoms with Gasteiger partial charge in [0, 0.05) is 18.8 Å². The number of nitrogens with zero attached hydrogens (tertiary/aromatic N) is 3. The molecular weight excluding hydrogens is 434 g/mol. The summed E-state index contributed by atoms with van der Waals surface area (Å²) < 4.78 is 5.15. The van der Waals surface area contributed by atoms with E-state index in [9.17, 15) is 9.59 Å². The van der Waals surface area contributed by atoms with Gasteiger partial charge >= 0.3 is 5.97 Å². The van der Waals surface area contributed by atoms with Crippen LogP contribution in [-0.2, 0) is 14.3 Å². The van der Waals surface area contributed by atoms with Crippen molar-refractivity contribution in [3.63, 3.8) is 0 Å². The van der Waals surface area contributed by atoms with Gasteiger partial charge in [-0.1, -0.05) is 56.8 Å². The van der Waals surface area contributed by atoms with Crippen LogP contribution in [0.5, 0.6) is 0 Å². The predicted molar refractivity (Wildman–Crippen MR) is 133 cm³/mol. The van der Waals surface area contributed by atoms with Gasteiger partial charge in [-0.15, -0.1) is 0 Å². The molecule has 0 aliphatic carbocycles. The van der Waals surface area contributed by atoms with E-state index in [4.69, 9.17) is 9.73 Å². The van der Waals surface area contributed by atoms with Crippen LogP contribution in [0, 0.1) is 5.92 Å². The number of thioether (sulfide) groups is 1. The Morgan fingerprint density at radius 2 is 1.85 bits per heavy atom. The first-order valence-electron chi connectivity index (χ1n) is 11.7. The average Bonchev–Trinajstić information content (AvgIpc) is 3.19. The Kier molecular flexibility index (Phi) is 6.98. The number of ether oxygens (including phenoxy) is 1. The van der Waals surface area contributed by atoms with Crippen LogP contribution in [-0.4, -0.2) is 47.0 Å². The van der Waals surface area contributed by atoms with Gasteiger partial charge in [-0.25, -0.2) is 9.79 Å². The molecule has 176 valence electrons. The molecule has 0 N–H and O–H groups in total. The van der Waals surface area contributed by atoms with Gasteiger partial charge in [0.15, 0.2) is 5.17 Å². The highest BCUT2D eigenvalue weighted by molar-refractivity contribution is 8.16. The fourth-order valence-corrected chi connectivity index (χ4v) is 5.61. The summed E-state index contributed by atoms with van der Waals surface area (Å²) in [6.07, 6.45) is 2.40. The van der Waals surface area contributed by atoms with Crippen LogP contribution in [0.1, 0.15) is 70.0 Å². The predicted octanol–water partition coefficient (Wildman–Crippen LogP) is 5.21. The largest absolute Gasteiger partial charge is 0.466 e. The van der Waals surface area contributed by atoms with Crippen LogP contribution in [0.2, 0.25) is 0 Å². The number of amides is 1. The zero-order valence-corrected chi connectivity index (χ0v) is 20.9. The van der Waals surface area contributed by atoms with E-state index in [0.29, 0.717) is 29.5 Å². The fraction of sp³-hybridized carbons (Fsp3) is 0.500. The molecule has 1 aromatic carbocycles. The number of rotatable bonds is 5. The van der Waals surface area contributed by atoms with E-state index in [1.807, 2.05) is 17.2 Å². The Hall–Kier alpha value is -2.54. The maximum absolute atomic E-state index is 13.1. The van der Waals surface area contributed by atoms with E-state index in [1.54, 1.807) is 0 Å². The molecule has 33 heavy (non-hydrogen) atoms. The second-order valence-electron chi connectivity index (χ2n) is 9.45. The summed E-state index contributed by atoms with van der Waals surface area (Å²) in [6, 6.07) is 8.01. The SMILES string of the molecule is COC(=O)C1=C(C)N=C2SC=C(CC(=O)N3CCC(C)CC3)N2[C@H]1c1ccc(C(C)C)cc1. The summed E-state index contributed by atoms with van der Waals surface area (Å²) in [4.78, 5) is 34.7. The third-order valence-corrected chi connectivity index (χ3v) is 7.68. The topological polar surface area (TPSA) is 62.2 Å². The first-order chi connectivity index (χ1) is 15.8. The minimum atomic E-state index is -0.388. The lowest BCUT2D eigenvalue weighted by Crippen LogP contribution is -2.41. The number of methoxy groups -OCH3 is 1. The molecule has 3 aliphatic heterocycles. The lowest BCUT2D eigenvalue weighted by molar-refractivity contribution is -0.136. The minimum absolute atomic E-state index is 0.134. The maximum atomic E-state index is 13.1. The maximum Gasteiger partial charge on any atom is 0.338 e. The van der Waals surface area contributed by atoms with Crippen molar-refractivity contribution >= 4 is 28.8 Å². The van der Waals surface area contributed by atoms with Crippen molar-refractivity contribution in [2.24, 2.45) is 10.9 Å². The van der Waals surface area contributed by atoms with Crippen LogP contribution < -0.4 is 0 Å². The standard InChI is InChI=1S/C26H33N3O3S/c1-16(2)19-6-8-20(9-7-19)24-23(25(31)32-5)18(4)27-26-29(24)21(15-33-26)14-22(30)28-12-10-17(3)11-13-28/h6-9,15-17,24H,10-14H2,1-5H3/t24-/m0/s1. The average molecular weight is 468 g/mol. The number of aliphatic imine (C=N–C) groups is 1. The summed E-state index contributed by atoms with van der Waals surface area (Å²) in [7, 11) is 1.40. The van der Waals surface area contributed by atoms with Crippen LogP contribution in [0.15, 0.2) is 51.6 Å². The molecule has 4 rings (SSSR count). The fourth-order valence-electron chi connectivity index (χ4n) is 4.64. The molecule has 1 fully saturated rings. The third-order valence-electron chi connectivity index (χ3n) is 6.79. The first-order valence-corrected chi connectivity index (χ1v) is 12.6. The molecule has 1 aromatic rings. The zero-order chi connectivity index (χ0) is 23.7.